The van der Waals surface area contributed by atoms with Crippen molar-refractivity contribution in [2.75, 3.05) is 7.11 Å². The lowest BCUT2D eigenvalue weighted by atomic mass is 9.91. The number of aromatic nitrogens is 1. The number of hydrogen-bond donors (Lipinski definition) is 0. The van der Waals surface area contributed by atoms with E-state index >= 15 is 0 Å². The molecule has 1 heterocycles. The standard InChI is InChI=1S/C17H25NO3/c1-4-5-6-7-8-14(11-13(2)19)16-12-15(9-10-18-16)17(20)21-3/h9-10,12,14H,4-8,11H2,1-3H3. The van der Waals surface area contributed by atoms with Gasteiger partial charge in [-0.1, -0.05) is 32.6 Å². The molecular weight excluding hydrogens is 266 g/mol. The van der Waals surface area contributed by atoms with Crippen molar-refractivity contribution < 1.29 is 14.3 Å². The van der Waals surface area contributed by atoms with E-state index < -0.39 is 0 Å². The van der Waals surface area contributed by atoms with E-state index in [0.29, 0.717) is 12.0 Å². The fourth-order valence-electron chi connectivity index (χ4n) is 2.44. The van der Waals surface area contributed by atoms with Crippen LogP contribution in [0.15, 0.2) is 18.3 Å². The Labute approximate surface area is 126 Å². The molecule has 1 atom stereocenters. The molecular formula is C17H25NO3. The third kappa shape index (κ3) is 6.06. The molecule has 1 aromatic rings. The Hall–Kier alpha value is -1.71. The molecule has 4 heteroatoms. The highest BCUT2D eigenvalue weighted by molar-refractivity contribution is 5.89. The maximum Gasteiger partial charge on any atom is 0.337 e. The molecule has 1 unspecified atom stereocenters. The van der Waals surface area contributed by atoms with E-state index in [-0.39, 0.29) is 17.7 Å². The Balaban J connectivity index is 2.81. The van der Waals surface area contributed by atoms with Crippen molar-refractivity contribution in [1.29, 1.82) is 0 Å². The highest BCUT2D eigenvalue weighted by Gasteiger charge is 2.17. The van der Waals surface area contributed by atoms with Gasteiger partial charge >= 0.3 is 5.97 Å². The Bertz CT molecular complexity index is 471. The number of unbranched alkanes of at least 4 members (excludes halogenated alkanes) is 3. The van der Waals surface area contributed by atoms with E-state index in [0.717, 1.165) is 18.5 Å². The summed E-state index contributed by atoms with van der Waals surface area (Å²) in [6, 6.07) is 3.39. The summed E-state index contributed by atoms with van der Waals surface area (Å²) >= 11 is 0. The second-order valence-electron chi connectivity index (χ2n) is 5.41. The molecule has 0 spiro atoms. The van der Waals surface area contributed by atoms with Gasteiger partial charge in [0.25, 0.3) is 0 Å². The van der Waals surface area contributed by atoms with E-state index in [9.17, 15) is 9.59 Å². The number of methoxy groups -OCH3 is 1. The molecule has 0 aliphatic heterocycles. The zero-order valence-corrected chi connectivity index (χ0v) is 13.2. The lowest BCUT2D eigenvalue weighted by Gasteiger charge is -2.15. The van der Waals surface area contributed by atoms with E-state index in [1.807, 2.05) is 0 Å². The van der Waals surface area contributed by atoms with E-state index in [1.165, 1.54) is 26.4 Å². The molecule has 116 valence electrons. The first-order valence-corrected chi connectivity index (χ1v) is 7.62. The van der Waals surface area contributed by atoms with Crippen LogP contribution in [0.2, 0.25) is 0 Å². The smallest absolute Gasteiger partial charge is 0.337 e. The van der Waals surface area contributed by atoms with Gasteiger partial charge in [0.15, 0.2) is 0 Å². The van der Waals surface area contributed by atoms with Crippen molar-refractivity contribution in [3.63, 3.8) is 0 Å². The van der Waals surface area contributed by atoms with Gasteiger partial charge < -0.3 is 9.53 Å². The summed E-state index contributed by atoms with van der Waals surface area (Å²) in [7, 11) is 1.36. The number of hydrogen-bond acceptors (Lipinski definition) is 4. The maximum absolute atomic E-state index is 11.6. The summed E-state index contributed by atoms with van der Waals surface area (Å²) in [5.74, 6) is -0.129. The summed E-state index contributed by atoms with van der Waals surface area (Å²) in [5, 5.41) is 0. The predicted molar refractivity (Wildman–Crippen MR) is 82.4 cm³/mol. The normalized spacial score (nSPS) is 12.0. The van der Waals surface area contributed by atoms with Crippen LogP contribution in [0.5, 0.6) is 0 Å². The molecule has 0 aliphatic carbocycles. The van der Waals surface area contributed by atoms with Gasteiger partial charge in [-0.15, -0.1) is 0 Å². The number of ether oxygens (including phenoxy) is 1. The lowest BCUT2D eigenvalue weighted by molar-refractivity contribution is -0.117. The van der Waals surface area contributed by atoms with E-state index in [2.05, 4.69) is 11.9 Å². The molecule has 0 aromatic carbocycles. The lowest BCUT2D eigenvalue weighted by Crippen LogP contribution is -2.09. The molecule has 0 N–H and O–H groups in total. The zero-order valence-electron chi connectivity index (χ0n) is 13.2. The van der Waals surface area contributed by atoms with Crippen LogP contribution >= 0.6 is 0 Å². The highest BCUT2D eigenvalue weighted by Crippen LogP contribution is 2.25. The fraction of sp³-hybridized carbons (Fsp3) is 0.588. The first-order chi connectivity index (χ1) is 10.1. The molecule has 0 aliphatic rings. The Morgan fingerprint density at radius 1 is 1.29 bits per heavy atom. The van der Waals surface area contributed by atoms with Crippen LogP contribution in [0.4, 0.5) is 0 Å². The number of pyridine rings is 1. The number of ketones is 1. The molecule has 21 heavy (non-hydrogen) atoms. The SMILES string of the molecule is CCCCCCC(CC(C)=O)c1cc(C(=O)OC)ccn1. The summed E-state index contributed by atoms with van der Waals surface area (Å²) in [6.07, 6.45) is 7.66. The molecule has 0 fully saturated rings. The van der Waals surface area contributed by atoms with Gasteiger partial charge in [0, 0.05) is 24.2 Å². The van der Waals surface area contributed by atoms with Crippen molar-refractivity contribution in [2.45, 2.75) is 58.3 Å². The minimum absolute atomic E-state index is 0.0870. The molecule has 0 saturated heterocycles. The molecule has 1 aromatic heterocycles. The topological polar surface area (TPSA) is 56.3 Å². The molecule has 0 amide bonds. The first kappa shape index (κ1) is 17.3. The summed E-state index contributed by atoms with van der Waals surface area (Å²) in [4.78, 5) is 27.4. The van der Waals surface area contributed by atoms with Crippen LogP contribution in [0, 0.1) is 0 Å². The quantitative estimate of drug-likeness (QED) is 0.511. The van der Waals surface area contributed by atoms with Crippen LogP contribution in [0.1, 0.15) is 74.3 Å². The Kier molecular flexibility index (Phi) is 7.65. The van der Waals surface area contributed by atoms with Crippen LogP contribution < -0.4 is 0 Å². The molecule has 4 nitrogen and oxygen atoms in total. The third-order valence-electron chi connectivity index (χ3n) is 3.56. The Morgan fingerprint density at radius 3 is 2.67 bits per heavy atom. The van der Waals surface area contributed by atoms with Gasteiger partial charge in [-0.05, 0) is 25.5 Å². The van der Waals surface area contributed by atoms with Crippen LogP contribution in [0.25, 0.3) is 0 Å². The summed E-state index contributed by atoms with van der Waals surface area (Å²) in [6.45, 7) is 3.78. The molecule has 0 saturated carbocycles. The van der Waals surface area contributed by atoms with E-state index in [4.69, 9.17) is 4.74 Å². The largest absolute Gasteiger partial charge is 0.465 e. The average molecular weight is 291 g/mol. The average Bonchev–Trinajstić information content (AvgIpc) is 2.49. The minimum Gasteiger partial charge on any atom is -0.465 e. The van der Waals surface area contributed by atoms with Gasteiger partial charge in [-0.3, -0.25) is 4.98 Å². The summed E-state index contributed by atoms with van der Waals surface area (Å²) < 4.78 is 4.73. The van der Waals surface area contributed by atoms with Gasteiger partial charge in [-0.25, -0.2) is 4.79 Å². The maximum atomic E-state index is 11.6. The predicted octanol–water partition coefficient (Wildman–Crippen LogP) is 3.90. The number of carbonyl (C=O) groups is 2. The second kappa shape index (κ2) is 9.27. The van der Waals surface area contributed by atoms with Crippen molar-refractivity contribution >= 4 is 11.8 Å². The minimum atomic E-state index is -0.369. The van der Waals surface area contributed by atoms with Crippen molar-refractivity contribution in [1.82, 2.24) is 4.98 Å². The molecule has 0 bridgehead atoms. The van der Waals surface area contributed by atoms with Crippen molar-refractivity contribution in [3.8, 4) is 0 Å². The third-order valence-corrected chi connectivity index (χ3v) is 3.56. The second-order valence-corrected chi connectivity index (χ2v) is 5.41. The number of esters is 1. The van der Waals surface area contributed by atoms with Gasteiger partial charge in [-0.2, -0.15) is 0 Å². The van der Waals surface area contributed by atoms with Crippen LogP contribution in [0.3, 0.4) is 0 Å². The van der Waals surface area contributed by atoms with Crippen molar-refractivity contribution in [3.05, 3.63) is 29.6 Å². The number of rotatable bonds is 9. The highest BCUT2D eigenvalue weighted by atomic mass is 16.5. The van der Waals surface area contributed by atoms with Crippen LogP contribution in [-0.2, 0) is 9.53 Å². The van der Waals surface area contributed by atoms with Crippen molar-refractivity contribution in [2.24, 2.45) is 0 Å². The summed E-state index contributed by atoms with van der Waals surface area (Å²) in [5.41, 5.74) is 1.30. The monoisotopic (exact) mass is 291 g/mol. The van der Waals surface area contributed by atoms with Gasteiger partial charge in [0.05, 0.1) is 12.7 Å². The first-order valence-electron chi connectivity index (χ1n) is 7.62. The Morgan fingerprint density at radius 2 is 2.05 bits per heavy atom. The van der Waals surface area contributed by atoms with Gasteiger partial charge in [0.1, 0.15) is 5.78 Å². The fourth-order valence-corrected chi connectivity index (χ4v) is 2.44. The van der Waals surface area contributed by atoms with E-state index in [1.54, 1.807) is 25.3 Å². The molecule has 1 rings (SSSR count). The number of carbonyl (C=O) groups excluding carboxylic acids is 2. The number of nitrogens with zero attached hydrogens (tertiary/aromatic N) is 1. The van der Waals surface area contributed by atoms with Gasteiger partial charge in [0.2, 0.25) is 0 Å². The number of Topliss-reactive ketones (excluding diaryl/α,β-unsaturated/α-hetero) is 1. The van der Waals surface area contributed by atoms with Crippen LogP contribution in [-0.4, -0.2) is 23.8 Å². The zero-order chi connectivity index (χ0) is 15.7. The molecule has 0 radical (unpaired) electrons.